The monoisotopic (exact) mass is 318 g/mol. The summed E-state index contributed by atoms with van der Waals surface area (Å²) in [4.78, 5) is 7.81. The number of hydrogen-bond donors (Lipinski definition) is 0. The molecule has 0 radical (unpaired) electrons. The Labute approximate surface area is 111 Å². The summed E-state index contributed by atoms with van der Waals surface area (Å²) < 4.78 is 6.26. The van der Waals surface area contributed by atoms with Crippen molar-refractivity contribution in [1.29, 1.82) is 0 Å². The van der Waals surface area contributed by atoms with Crippen molar-refractivity contribution in [2.24, 2.45) is 0 Å². The fourth-order valence-corrected chi connectivity index (χ4v) is 1.60. The molecule has 0 fully saturated rings. The van der Waals surface area contributed by atoms with Gasteiger partial charge in [0.05, 0.1) is 22.4 Å². The standard InChI is InChI=1S/C10H5BrCl2N2O/c11-6-1-2-8(13)9(3-6)16-10-14-4-7(12)5-15-10/h1-5H. The molecular weight excluding hydrogens is 315 g/mol. The summed E-state index contributed by atoms with van der Waals surface area (Å²) in [5, 5.41) is 0.939. The van der Waals surface area contributed by atoms with Crippen LogP contribution in [0.15, 0.2) is 35.1 Å². The molecule has 0 spiro atoms. The van der Waals surface area contributed by atoms with E-state index >= 15 is 0 Å². The zero-order valence-electron chi connectivity index (χ0n) is 7.82. The van der Waals surface area contributed by atoms with Crippen LogP contribution in [0.2, 0.25) is 10.0 Å². The van der Waals surface area contributed by atoms with Gasteiger partial charge in [-0.05, 0) is 18.2 Å². The van der Waals surface area contributed by atoms with Gasteiger partial charge in [0, 0.05) is 4.47 Å². The third kappa shape index (κ3) is 2.84. The van der Waals surface area contributed by atoms with Crippen LogP contribution in [0.3, 0.4) is 0 Å². The number of ether oxygens (including phenoxy) is 1. The summed E-state index contributed by atoms with van der Waals surface area (Å²) in [6, 6.07) is 5.47. The summed E-state index contributed by atoms with van der Waals surface area (Å²) in [6.45, 7) is 0. The molecule has 0 saturated heterocycles. The number of benzene rings is 1. The summed E-state index contributed by atoms with van der Waals surface area (Å²) in [7, 11) is 0. The number of hydrogen-bond acceptors (Lipinski definition) is 3. The Bertz CT molecular complexity index is 505. The minimum absolute atomic E-state index is 0.199. The first-order chi connectivity index (χ1) is 7.65. The van der Waals surface area contributed by atoms with Crippen LogP contribution >= 0.6 is 39.1 Å². The Hall–Kier alpha value is -0.840. The normalized spacial score (nSPS) is 10.2. The van der Waals surface area contributed by atoms with E-state index in [0.29, 0.717) is 15.8 Å². The van der Waals surface area contributed by atoms with Crippen molar-refractivity contribution in [2.75, 3.05) is 0 Å². The average molecular weight is 320 g/mol. The highest BCUT2D eigenvalue weighted by Gasteiger charge is 2.05. The van der Waals surface area contributed by atoms with Gasteiger partial charge in [-0.15, -0.1) is 0 Å². The van der Waals surface area contributed by atoms with Crippen molar-refractivity contribution < 1.29 is 4.74 Å². The highest BCUT2D eigenvalue weighted by atomic mass is 79.9. The molecule has 0 aliphatic carbocycles. The smallest absolute Gasteiger partial charge is 0.322 e. The Balaban J connectivity index is 2.26. The van der Waals surface area contributed by atoms with E-state index in [2.05, 4.69) is 25.9 Å². The van der Waals surface area contributed by atoms with Crippen molar-refractivity contribution in [3.05, 3.63) is 45.1 Å². The maximum Gasteiger partial charge on any atom is 0.322 e. The van der Waals surface area contributed by atoms with Gasteiger partial charge in [-0.25, -0.2) is 9.97 Å². The molecule has 0 amide bonds. The van der Waals surface area contributed by atoms with Crippen molar-refractivity contribution in [1.82, 2.24) is 9.97 Å². The quantitative estimate of drug-likeness (QED) is 0.826. The van der Waals surface area contributed by atoms with Crippen LogP contribution in [-0.4, -0.2) is 9.97 Å². The first kappa shape index (κ1) is 11.6. The van der Waals surface area contributed by atoms with E-state index < -0.39 is 0 Å². The van der Waals surface area contributed by atoms with Crippen molar-refractivity contribution in [3.63, 3.8) is 0 Å². The molecule has 1 aromatic carbocycles. The Morgan fingerprint density at radius 1 is 1.12 bits per heavy atom. The highest BCUT2D eigenvalue weighted by Crippen LogP contribution is 2.30. The van der Waals surface area contributed by atoms with Crippen LogP contribution in [0.5, 0.6) is 11.8 Å². The van der Waals surface area contributed by atoms with E-state index in [4.69, 9.17) is 27.9 Å². The fraction of sp³-hybridized carbons (Fsp3) is 0. The summed E-state index contributed by atoms with van der Waals surface area (Å²) in [5.74, 6) is 0.485. The average Bonchev–Trinajstić information content (AvgIpc) is 2.27. The summed E-state index contributed by atoms with van der Waals surface area (Å²) in [6.07, 6.45) is 2.91. The van der Waals surface area contributed by atoms with E-state index in [9.17, 15) is 0 Å². The molecule has 16 heavy (non-hydrogen) atoms. The van der Waals surface area contributed by atoms with Crippen LogP contribution in [0.4, 0.5) is 0 Å². The Morgan fingerprint density at radius 3 is 2.50 bits per heavy atom. The van der Waals surface area contributed by atoms with Gasteiger partial charge in [-0.1, -0.05) is 39.1 Å². The second kappa shape index (κ2) is 4.99. The first-order valence-corrected chi connectivity index (χ1v) is 5.80. The molecule has 0 N–H and O–H groups in total. The molecule has 0 aliphatic heterocycles. The van der Waals surface area contributed by atoms with E-state index in [1.165, 1.54) is 12.4 Å². The lowest BCUT2D eigenvalue weighted by Gasteiger charge is -2.05. The van der Waals surface area contributed by atoms with Gasteiger partial charge in [0.15, 0.2) is 5.75 Å². The fourth-order valence-electron chi connectivity index (χ4n) is 1.01. The third-order valence-electron chi connectivity index (χ3n) is 1.69. The third-order valence-corrected chi connectivity index (χ3v) is 2.69. The molecule has 6 heteroatoms. The van der Waals surface area contributed by atoms with Gasteiger partial charge in [-0.3, -0.25) is 0 Å². The lowest BCUT2D eigenvalue weighted by Crippen LogP contribution is -1.91. The second-order valence-electron chi connectivity index (χ2n) is 2.86. The molecule has 0 atom stereocenters. The van der Waals surface area contributed by atoms with Gasteiger partial charge < -0.3 is 4.74 Å². The summed E-state index contributed by atoms with van der Waals surface area (Å²) >= 11 is 14.9. The predicted molar refractivity (Wildman–Crippen MR) is 66.3 cm³/mol. The molecule has 2 rings (SSSR count). The van der Waals surface area contributed by atoms with E-state index in [1.54, 1.807) is 12.1 Å². The second-order valence-corrected chi connectivity index (χ2v) is 4.62. The van der Waals surface area contributed by atoms with Gasteiger partial charge in [0.1, 0.15) is 0 Å². The van der Waals surface area contributed by atoms with Crippen molar-refractivity contribution in [3.8, 4) is 11.8 Å². The molecule has 82 valence electrons. The van der Waals surface area contributed by atoms with E-state index in [-0.39, 0.29) is 6.01 Å². The van der Waals surface area contributed by atoms with Gasteiger partial charge in [-0.2, -0.15) is 0 Å². The van der Waals surface area contributed by atoms with Crippen molar-refractivity contribution >= 4 is 39.1 Å². The van der Waals surface area contributed by atoms with Crippen molar-refractivity contribution in [2.45, 2.75) is 0 Å². The zero-order valence-corrected chi connectivity index (χ0v) is 10.9. The molecule has 0 unspecified atom stereocenters. The van der Waals surface area contributed by atoms with Crippen LogP contribution in [0, 0.1) is 0 Å². The summed E-state index contributed by atoms with van der Waals surface area (Å²) in [5.41, 5.74) is 0. The number of aromatic nitrogens is 2. The van der Waals surface area contributed by atoms with Crippen LogP contribution in [0.1, 0.15) is 0 Å². The Kier molecular flexibility index (Phi) is 3.63. The van der Waals surface area contributed by atoms with Crippen LogP contribution < -0.4 is 4.74 Å². The van der Waals surface area contributed by atoms with Crippen LogP contribution in [0.25, 0.3) is 0 Å². The number of rotatable bonds is 2. The number of halogens is 3. The maximum absolute atomic E-state index is 5.95. The molecule has 2 aromatic rings. The Morgan fingerprint density at radius 2 is 1.81 bits per heavy atom. The highest BCUT2D eigenvalue weighted by molar-refractivity contribution is 9.10. The SMILES string of the molecule is Clc1cnc(Oc2cc(Br)ccc2Cl)nc1. The molecule has 0 bridgehead atoms. The van der Waals surface area contributed by atoms with E-state index in [1.807, 2.05) is 6.07 Å². The maximum atomic E-state index is 5.95. The van der Waals surface area contributed by atoms with Gasteiger partial charge in [0.2, 0.25) is 0 Å². The molecule has 1 heterocycles. The molecule has 0 aliphatic rings. The van der Waals surface area contributed by atoms with Crippen LogP contribution in [-0.2, 0) is 0 Å². The van der Waals surface area contributed by atoms with Gasteiger partial charge in [0.25, 0.3) is 0 Å². The lowest BCUT2D eigenvalue weighted by atomic mass is 10.3. The topological polar surface area (TPSA) is 35.0 Å². The molecule has 0 saturated carbocycles. The number of nitrogens with zero attached hydrogens (tertiary/aromatic N) is 2. The molecule has 1 aromatic heterocycles. The minimum atomic E-state index is 0.199. The zero-order chi connectivity index (χ0) is 11.5. The molecular formula is C10H5BrCl2N2O. The minimum Gasteiger partial charge on any atom is -0.423 e. The largest absolute Gasteiger partial charge is 0.423 e. The predicted octanol–water partition coefficient (Wildman–Crippen LogP) is 4.34. The molecule has 3 nitrogen and oxygen atoms in total. The van der Waals surface area contributed by atoms with E-state index in [0.717, 1.165) is 4.47 Å². The first-order valence-electron chi connectivity index (χ1n) is 4.25. The van der Waals surface area contributed by atoms with Gasteiger partial charge >= 0.3 is 6.01 Å². The lowest BCUT2D eigenvalue weighted by molar-refractivity contribution is 0.442.